The van der Waals surface area contributed by atoms with Gasteiger partial charge in [-0.3, -0.25) is 4.79 Å². The summed E-state index contributed by atoms with van der Waals surface area (Å²) in [5, 5.41) is 1.01. The standard InChI is InChI=1S/C16H11Cl2N3O/c17-11-7-3-1-5-9(11)13-14(21-16(22)15(19)20-13)10-6-2-4-8-12(10)18/h1-8H,(H2,19,20)(H,21,22). The predicted octanol–water partition coefficient (Wildman–Crippen LogP) is 3.99. The molecule has 1 aromatic heterocycles. The lowest BCUT2D eigenvalue weighted by molar-refractivity contribution is 1.16. The molecule has 0 amide bonds. The summed E-state index contributed by atoms with van der Waals surface area (Å²) in [5.74, 6) is -0.120. The second-order valence-electron chi connectivity index (χ2n) is 4.63. The van der Waals surface area contributed by atoms with Gasteiger partial charge in [-0.05, 0) is 12.1 Å². The molecule has 0 unspecified atom stereocenters. The van der Waals surface area contributed by atoms with Crippen LogP contribution >= 0.6 is 23.2 Å². The van der Waals surface area contributed by atoms with Gasteiger partial charge in [-0.15, -0.1) is 0 Å². The van der Waals surface area contributed by atoms with Gasteiger partial charge in [0.15, 0.2) is 5.82 Å². The highest BCUT2D eigenvalue weighted by molar-refractivity contribution is 6.34. The summed E-state index contributed by atoms with van der Waals surface area (Å²) < 4.78 is 0. The monoisotopic (exact) mass is 331 g/mol. The van der Waals surface area contributed by atoms with Crippen LogP contribution in [0.4, 0.5) is 5.82 Å². The van der Waals surface area contributed by atoms with Gasteiger partial charge in [-0.1, -0.05) is 59.6 Å². The maximum absolute atomic E-state index is 11.9. The van der Waals surface area contributed by atoms with Crippen molar-refractivity contribution in [3.63, 3.8) is 0 Å². The Morgan fingerprint density at radius 1 is 0.909 bits per heavy atom. The van der Waals surface area contributed by atoms with Gasteiger partial charge in [0.2, 0.25) is 0 Å². The maximum Gasteiger partial charge on any atom is 0.290 e. The van der Waals surface area contributed by atoms with E-state index in [0.29, 0.717) is 32.6 Å². The van der Waals surface area contributed by atoms with Crippen LogP contribution in [0.15, 0.2) is 53.3 Å². The van der Waals surface area contributed by atoms with Crippen LogP contribution in [0.2, 0.25) is 10.0 Å². The molecule has 0 aliphatic heterocycles. The largest absolute Gasteiger partial charge is 0.379 e. The van der Waals surface area contributed by atoms with Crippen molar-refractivity contribution < 1.29 is 0 Å². The average molecular weight is 332 g/mol. The molecule has 3 N–H and O–H groups in total. The van der Waals surface area contributed by atoms with Gasteiger partial charge in [0, 0.05) is 16.1 Å². The van der Waals surface area contributed by atoms with Crippen molar-refractivity contribution >= 4 is 29.0 Å². The Bertz CT molecular complexity index is 906. The van der Waals surface area contributed by atoms with Crippen LogP contribution in [-0.2, 0) is 0 Å². The highest BCUT2D eigenvalue weighted by Gasteiger charge is 2.16. The molecule has 0 atom stereocenters. The summed E-state index contributed by atoms with van der Waals surface area (Å²) in [4.78, 5) is 18.8. The number of benzene rings is 2. The Morgan fingerprint density at radius 2 is 1.45 bits per heavy atom. The summed E-state index contributed by atoms with van der Waals surface area (Å²) in [6, 6.07) is 14.4. The van der Waals surface area contributed by atoms with Crippen molar-refractivity contribution in [3.8, 4) is 22.5 Å². The average Bonchev–Trinajstić information content (AvgIpc) is 2.51. The molecule has 1 heterocycles. The highest BCUT2D eigenvalue weighted by atomic mass is 35.5. The molecule has 3 aromatic rings. The van der Waals surface area contributed by atoms with E-state index < -0.39 is 5.56 Å². The fourth-order valence-corrected chi connectivity index (χ4v) is 2.63. The van der Waals surface area contributed by atoms with Crippen molar-refractivity contribution in [2.75, 3.05) is 5.73 Å². The Labute approximate surface area is 136 Å². The van der Waals surface area contributed by atoms with E-state index in [-0.39, 0.29) is 5.82 Å². The molecule has 22 heavy (non-hydrogen) atoms. The van der Waals surface area contributed by atoms with Crippen molar-refractivity contribution in [1.29, 1.82) is 0 Å². The normalized spacial score (nSPS) is 10.6. The molecule has 0 radical (unpaired) electrons. The first-order valence-corrected chi connectivity index (χ1v) is 7.23. The van der Waals surface area contributed by atoms with Gasteiger partial charge in [-0.2, -0.15) is 0 Å². The molecule has 110 valence electrons. The summed E-state index contributed by atoms with van der Waals surface area (Å²) >= 11 is 12.5. The Morgan fingerprint density at radius 3 is 2.05 bits per heavy atom. The number of nitrogens with one attached hydrogen (secondary N) is 1. The van der Waals surface area contributed by atoms with Crippen LogP contribution in [0, 0.1) is 0 Å². The number of nitrogen functional groups attached to an aromatic ring is 1. The van der Waals surface area contributed by atoms with Gasteiger partial charge >= 0.3 is 0 Å². The molecule has 0 bridgehead atoms. The minimum Gasteiger partial charge on any atom is -0.379 e. The molecule has 0 spiro atoms. The van der Waals surface area contributed by atoms with E-state index >= 15 is 0 Å². The van der Waals surface area contributed by atoms with Crippen LogP contribution in [0.25, 0.3) is 22.5 Å². The van der Waals surface area contributed by atoms with E-state index in [0.717, 1.165) is 0 Å². The molecule has 4 nitrogen and oxygen atoms in total. The van der Waals surface area contributed by atoms with Crippen molar-refractivity contribution in [2.45, 2.75) is 0 Å². The summed E-state index contributed by atoms with van der Waals surface area (Å²) in [5.41, 5.74) is 7.49. The number of nitrogens with zero attached hydrogens (tertiary/aromatic N) is 1. The molecular weight excluding hydrogens is 321 g/mol. The van der Waals surface area contributed by atoms with Gasteiger partial charge in [0.25, 0.3) is 5.56 Å². The Kier molecular flexibility index (Phi) is 3.88. The molecule has 0 saturated carbocycles. The quantitative estimate of drug-likeness (QED) is 0.745. The zero-order chi connectivity index (χ0) is 15.7. The lowest BCUT2D eigenvalue weighted by Gasteiger charge is -2.12. The van der Waals surface area contributed by atoms with Crippen LogP contribution in [0.5, 0.6) is 0 Å². The van der Waals surface area contributed by atoms with Crippen LogP contribution in [-0.4, -0.2) is 9.97 Å². The second-order valence-corrected chi connectivity index (χ2v) is 5.45. The first-order valence-electron chi connectivity index (χ1n) is 6.47. The molecular formula is C16H11Cl2N3O. The third kappa shape index (κ3) is 2.58. The van der Waals surface area contributed by atoms with Crippen molar-refractivity contribution in [3.05, 3.63) is 68.9 Å². The summed E-state index contributed by atoms with van der Waals surface area (Å²) in [6.07, 6.45) is 0. The number of aromatic amines is 1. The lowest BCUT2D eigenvalue weighted by Crippen LogP contribution is -2.16. The van der Waals surface area contributed by atoms with E-state index in [2.05, 4.69) is 9.97 Å². The number of nitrogens with two attached hydrogens (primary N) is 1. The Balaban J connectivity index is 2.36. The third-order valence-corrected chi connectivity index (χ3v) is 3.87. The number of rotatable bonds is 2. The lowest BCUT2D eigenvalue weighted by atomic mass is 10.0. The summed E-state index contributed by atoms with van der Waals surface area (Å²) in [7, 11) is 0. The van der Waals surface area contributed by atoms with Crippen LogP contribution in [0.1, 0.15) is 0 Å². The maximum atomic E-state index is 11.9. The molecule has 0 fully saturated rings. The zero-order valence-corrected chi connectivity index (χ0v) is 12.8. The minimum atomic E-state index is -0.467. The molecule has 0 saturated heterocycles. The number of hydrogen-bond acceptors (Lipinski definition) is 3. The first kappa shape index (κ1) is 14.6. The zero-order valence-electron chi connectivity index (χ0n) is 11.3. The fraction of sp³-hybridized carbons (Fsp3) is 0. The van der Waals surface area contributed by atoms with E-state index in [1.807, 2.05) is 30.3 Å². The van der Waals surface area contributed by atoms with Gasteiger partial charge < -0.3 is 10.7 Å². The number of halogens is 2. The topological polar surface area (TPSA) is 71.8 Å². The fourth-order valence-electron chi connectivity index (χ4n) is 2.17. The Hall–Kier alpha value is -2.30. The number of anilines is 1. The van der Waals surface area contributed by atoms with Crippen LogP contribution in [0.3, 0.4) is 0 Å². The number of hydrogen-bond donors (Lipinski definition) is 2. The van der Waals surface area contributed by atoms with Gasteiger partial charge in [0.05, 0.1) is 16.4 Å². The van der Waals surface area contributed by atoms with Gasteiger partial charge in [-0.25, -0.2) is 4.98 Å². The minimum absolute atomic E-state index is 0.120. The van der Waals surface area contributed by atoms with E-state index in [1.165, 1.54) is 0 Å². The van der Waals surface area contributed by atoms with E-state index in [9.17, 15) is 4.79 Å². The highest BCUT2D eigenvalue weighted by Crippen LogP contribution is 2.35. The van der Waals surface area contributed by atoms with E-state index in [4.69, 9.17) is 28.9 Å². The second kappa shape index (κ2) is 5.83. The predicted molar refractivity (Wildman–Crippen MR) is 90.2 cm³/mol. The van der Waals surface area contributed by atoms with Crippen molar-refractivity contribution in [1.82, 2.24) is 9.97 Å². The molecule has 6 heteroatoms. The first-order chi connectivity index (χ1) is 10.6. The molecule has 0 aliphatic rings. The molecule has 3 rings (SSSR count). The van der Waals surface area contributed by atoms with Crippen molar-refractivity contribution in [2.24, 2.45) is 0 Å². The third-order valence-electron chi connectivity index (χ3n) is 3.21. The van der Waals surface area contributed by atoms with Gasteiger partial charge in [0.1, 0.15) is 0 Å². The number of aromatic nitrogens is 2. The number of H-pyrrole nitrogens is 1. The molecule has 0 aliphatic carbocycles. The van der Waals surface area contributed by atoms with Crippen LogP contribution < -0.4 is 11.3 Å². The summed E-state index contributed by atoms with van der Waals surface area (Å²) in [6.45, 7) is 0. The SMILES string of the molecule is Nc1nc(-c2ccccc2Cl)c(-c2ccccc2Cl)[nH]c1=O. The van der Waals surface area contributed by atoms with E-state index in [1.54, 1.807) is 18.2 Å². The smallest absolute Gasteiger partial charge is 0.290 e. The molecule has 2 aromatic carbocycles.